The molecule has 2 aliphatic heterocycles. The van der Waals surface area contributed by atoms with Crippen molar-refractivity contribution < 1.29 is 43.3 Å². The summed E-state index contributed by atoms with van der Waals surface area (Å²) in [5, 5.41) is 3.55. The summed E-state index contributed by atoms with van der Waals surface area (Å²) in [5.41, 5.74) is 3.86. The van der Waals surface area contributed by atoms with Crippen LogP contribution in [-0.4, -0.2) is 36.9 Å². The van der Waals surface area contributed by atoms with Crippen molar-refractivity contribution in [3.8, 4) is 0 Å². The van der Waals surface area contributed by atoms with Crippen LogP contribution in [0.1, 0.15) is 54.7 Å². The van der Waals surface area contributed by atoms with Crippen LogP contribution in [0.5, 0.6) is 0 Å². The Balaban J connectivity index is 0.000000950. The molecule has 0 N–H and O–H groups in total. The molecule has 1 radical (unpaired) electrons. The molecule has 2 aliphatic rings. The van der Waals surface area contributed by atoms with Gasteiger partial charge in [-0.1, -0.05) is 23.5 Å². The van der Waals surface area contributed by atoms with E-state index < -0.39 is 15.5 Å². The van der Waals surface area contributed by atoms with Gasteiger partial charge < -0.3 is 9.50 Å². The molecule has 31 heavy (non-hydrogen) atoms. The Kier molecular flexibility index (Phi) is 13.5. The first kappa shape index (κ1) is 29.2. The van der Waals surface area contributed by atoms with E-state index in [0.717, 1.165) is 29.4 Å². The van der Waals surface area contributed by atoms with Crippen molar-refractivity contribution in [2.45, 2.75) is 76.0 Å². The van der Waals surface area contributed by atoms with Gasteiger partial charge in [0.25, 0.3) is 0 Å². The quantitative estimate of drug-likeness (QED) is 0.174. The van der Waals surface area contributed by atoms with Gasteiger partial charge in [0.05, 0.1) is 30.6 Å². The molecule has 1 aromatic heterocycles. The van der Waals surface area contributed by atoms with Crippen LogP contribution < -0.4 is 14.6 Å². The summed E-state index contributed by atoms with van der Waals surface area (Å²) < 4.78 is 37.9. The largest absolute Gasteiger partial charge is 1.00 e. The summed E-state index contributed by atoms with van der Waals surface area (Å²) in [4.78, 5) is 8.35. The molecule has 4 rings (SSSR count). The van der Waals surface area contributed by atoms with Gasteiger partial charge in [0, 0.05) is 37.5 Å². The normalized spacial score (nSPS) is 25.8. The Morgan fingerprint density at radius 3 is 1.81 bits per heavy atom. The summed E-state index contributed by atoms with van der Waals surface area (Å²) in [5.74, 6) is 0. The predicted molar refractivity (Wildman–Crippen MR) is 130 cm³/mol. The molecule has 0 bridgehead atoms. The molecule has 2 fully saturated rings. The zero-order valence-corrected chi connectivity index (χ0v) is 22.6. The van der Waals surface area contributed by atoms with Gasteiger partial charge in [0.15, 0.2) is 9.92 Å². The first-order valence-corrected chi connectivity index (χ1v) is 14.3. The maximum absolute atomic E-state index is 9.67. The van der Waals surface area contributed by atoms with Crippen molar-refractivity contribution in [2.24, 2.45) is 0 Å². The molecule has 177 valence electrons. The molecule has 0 saturated carbocycles. The summed E-state index contributed by atoms with van der Waals surface area (Å²) in [6, 6.07) is 9.33. The average Bonchev–Trinajstić information content (AvgIpc) is 3.30. The third-order valence-electron chi connectivity index (χ3n) is 6.34. The molecule has 2 aromatic rings. The molecular formula is C21H31BF4OP2RhS. The van der Waals surface area contributed by atoms with E-state index in [4.69, 9.17) is 6.17 Å². The van der Waals surface area contributed by atoms with Crippen LogP contribution in [-0.2, 0) is 24.3 Å². The fourth-order valence-corrected chi connectivity index (χ4v) is 16.3. The van der Waals surface area contributed by atoms with Crippen LogP contribution in [0.3, 0.4) is 0 Å². The number of hydrogen-bond acceptors (Lipinski definition) is 2. The summed E-state index contributed by atoms with van der Waals surface area (Å²) in [7, 11) is -4.45. The monoisotopic (exact) mass is 584 g/mol. The minimum Gasteiger partial charge on any atom is -1.00 e. The minimum absolute atomic E-state index is 0. The minimum atomic E-state index is -3.67. The fraction of sp³-hybridized carbons (Fsp3) is 0.571. The fourth-order valence-electron chi connectivity index (χ4n) is 5.07. The SMILES string of the molecule is C[C@H]1CC[C@H](C)[PH+]1c1sc2ccccc2c1[PH+]1[C@@H](C)CC[C@@H]1C.FB(F)F.[2H][C-]=O.[F-].[Rh]. The Morgan fingerprint density at radius 2 is 1.35 bits per heavy atom. The zero-order valence-electron chi connectivity index (χ0n) is 19.2. The van der Waals surface area contributed by atoms with Crippen molar-refractivity contribution in [3.05, 3.63) is 24.3 Å². The number of rotatable bonds is 2. The van der Waals surface area contributed by atoms with Crippen LogP contribution in [0.4, 0.5) is 12.9 Å². The van der Waals surface area contributed by atoms with Crippen LogP contribution in [0, 0.1) is 0 Å². The van der Waals surface area contributed by atoms with E-state index in [1.54, 1.807) is 10.1 Å². The average molecular weight is 584 g/mol. The van der Waals surface area contributed by atoms with Crippen molar-refractivity contribution in [1.29, 1.82) is 0 Å². The molecule has 0 aliphatic carbocycles. The number of carbonyl (C=O) groups excluding carboxylic acids is 1. The number of thiophene rings is 1. The van der Waals surface area contributed by atoms with E-state index in [2.05, 4.69) is 63.3 Å². The number of fused-ring (bicyclic) bond motifs is 1. The van der Waals surface area contributed by atoms with Gasteiger partial charge in [-0.2, -0.15) is 1.37 Å². The molecule has 0 spiro atoms. The van der Waals surface area contributed by atoms with Gasteiger partial charge in [0.1, 0.15) is 0 Å². The van der Waals surface area contributed by atoms with Crippen molar-refractivity contribution in [3.63, 3.8) is 0 Å². The smallest absolute Gasteiger partial charge is 0.762 e. The van der Waals surface area contributed by atoms with Crippen molar-refractivity contribution >= 4 is 61.5 Å². The summed E-state index contributed by atoms with van der Waals surface area (Å²) in [6.45, 7) is 10.9. The zero-order chi connectivity index (χ0) is 22.4. The third kappa shape index (κ3) is 7.30. The standard InChI is InChI=1S/C20H28P2S.CHO.BF3.FH.Rh/c1-13-9-10-14(2)21(13)19-17-7-5-6-8-18(17)23-20(19)22-15(3)11-12-16(22)4;1-2;2-1(3)4;;/h5-8,13-16H,9-12H2,1-4H3;1H;;1H;/q;-1;;;/p+1/t13-,14-,15-,16-;;;;/m0..../s1/i;1D;;;. The first-order chi connectivity index (χ1) is 14.2. The Bertz CT molecular complexity index is 811. The Labute approximate surface area is 204 Å². The van der Waals surface area contributed by atoms with Crippen LogP contribution >= 0.6 is 27.2 Å². The van der Waals surface area contributed by atoms with E-state index in [9.17, 15) is 12.9 Å². The second kappa shape index (κ2) is 14.4. The third-order valence-corrected chi connectivity index (χ3v) is 16.0. The van der Waals surface area contributed by atoms with Gasteiger partial charge in [-0.15, -0.1) is 0 Å². The van der Waals surface area contributed by atoms with Gasteiger partial charge in [-0.05, 0) is 65.5 Å². The molecule has 1 nitrogen and oxygen atoms in total. The van der Waals surface area contributed by atoms with Crippen LogP contribution in [0.2, 0.25) is 0 Å². The van der Waals surface area contributed by atoms with Crippen LogP contribution in [0.25, 0.3) is 10.1 Å². The molecule has 3 heterocycles. The Morgan fingerprint density at radius 1 is 0.968 bits per heavy atom. The maximum atomic E-state index is 9.67. The summed E-state index contributed by atoms with van der Waals surface area (Å²) in [6.07, 6.45) is 5.87. The second-order valence-corrected chi connectivity index (χ2v) is 16.4. The number of benzene rings is 1. The topological polar surface area (TPSA) is 17.1 Å². The Hall–Kier alpha value is 0.118. The molecule has 1 aromatic carbocycles. The molecule has 4 atom stereocenters. The summed E-state index contributed by atoms with van der Waals surface area (Å²) >= 11 is 2.19. The first-order valence-electron chi connectivity index (χ1n) is 10.7. The van der Waals surface area contributed by atoms with E-state index >= 15 is 0 Å². The predicted octanol–water partition coefficient (Wildman–Crippen LogP) is 3.33. The van der Waals surface area contributed by atoms with Gasteiger partial charge >= 0.3 is 7.54 Å². The van der Waals surface area contributed by atoms with E-state index in [-0.39, 0.29) is 32.1 Å². The molecular weight excluding hydrogens is 552 g/mol. The van der Waals surface area contributed by atoms with Gasteiger partial charge in [-0.25, -0.2) is 0 Å². The van der Waals surface area contributed by atoms with Crippen molar-refractivity contribution in [2.75, 3.05) is 0 Å². The molecule has 10 heteroatoms. The molecule has 0 unspecified atom stereocenters. The number of hydrogen-bond donors (Lipinski definition) is 0. The van der Waals surface area contributed by atoms with E-state index in [1.807, 2.05) is 9.92 Å². The number of halogens is 4. The van der Waals surface area contributed by atoms with Gasteiger partial charge in [-0.3, -0.25) is 19.7 Å². The maximum Gasteiger partial charge on any atom is 0.762 e. The van der Waals surface area contributed by atoms with Crippen molar-refractivity contribution in [1.82, 2.24) is 0 Å². The van der Waals surface area contributed by atoms with Gasteiger partial charge in [0.2, 0.25) is 0 Å². The van der Waals surface area contributed by atoms with Crippen LogP contribution in [0.15, 0.2) is 24.3 Å². The second-order valence-electron chi connectivity index (χ2n) is 8.22. The molecule has 2 saturated heterocycles. The van der Waals surface area contributed by atoms with E-state index in [1.165, 1.54) is 25.7 Å². The van der Waals surface area contributed by atoms with E-state index in [0.29, 0.717) is 0 Å². The molecule has 0 amide bonds.